The van der Waals surface area contributed by atoms with Gasteiger partial charge in [0.05, 0.1) is 6.42 Å². The molecule has 21 heavy (non-hydrogen) atoms. The van der Waals surface area contributed by atoms with Crippen molar-refractivity contribution in [3.05, 3.63) is 36.0 Å². The lowest BCUT2D eigenvalue weighted by molar-refractivity contribution is -0.134. The van der Waals surface area contributed by atoms with E-state index < -0.39 is 0 Å². The number of amides is 1. The number of likely N-dealkylation sites (tertiary alicyclic amines) is 1. The van der Waals surface area contributed by atoms with Crippen LogP contribution in [0.15, 0.2) is 30.5 Å². The fraction of sp³-hybridized carbons (Fsp3) is 0.471. The van der Waals surface area contributed by atoms with Crippen molar-refractivity contribution in [1.82, 2.24) is 9.88 Å². The molecule has 2 aromatic rings. The molecule has 0 saturated carbocycles. The van der Waals surface area contributed by atoms with Gasteiger partial charge in [-0.15, -0.1) is 0 Å². The van der Waals surface area contributed by atoms with Crippen molar-refractivity contribution in [1.29, 1.82) is 0 Å². The number of nitrogens with one attached hydrogen (secondary N) is 1. The molecule has 3 rings (SSSR count). The SMILES string of the molecule is CC(N)C1CCCCN1C(=O)Cc1c[nH]c2ccccc12. The first-order chi connectivity index (χ1) is 10.2. The molecule has 4 nitrogen and oxygen atoms in total. The van der Waals surface area contributed by atoms with Gasteiger partial charge in [0.1, 0.15) is 0 Å². The predicted octanol–water partition coefficient (Wildman–Crippen LogP) is 2.44. The molecule has 2 atom stereocenters. The number of carbonyl (C=O) groups is 1. The van der Waals surface area contributed by atoms with Crippen LogP contribution in [0.1, 0.15) is 31.7 Å². The van der Waals surface area contributed by atoms with Gasteiger partial charge in [0.25, 0.3) is 0 Å². The fourth-order valence-corrected chi connectivity index (χ4v) is 3.36. The predicted molar refractivity (Wildman–Crippen MR) is 85.0 cm³/mol. The van der Waals surface area contributed by atoms with Crippen LogP contribution in [0.4, 0.5) is 0 Å². The van der Waals surface area contributed by atoms with Crippen molar-refractivity contribution in [2.24, 2.45) is 5.73 Å². The zero-order valence-electron chi connectivity index (χ0n) is 12.5. The Hall–Kier alpha value is -1.81. The maximum absolute atomic E-state index is 12.7. The number of hydrogen-bond acceptors (Lipinski definition) is 2. The second kappa shape index (κ2) is 5.90. The third kappa shape index (κ3) is 2.81. The molecule has 3 N–H and O–H groups in total. The summed E-state index contributed by atoms with van der Waals surface area (Å²) >= 11 is 0. The molecule has 0 spiro atoms. The van der Waals surface area contributed by atoms with E-state index in [1.807, 2.05) is 36.2 Å². The number of rotatable bonds is 3. The maximum Gasteiger partial charge on any atom is 0.227 e. The number of fused-ring (bicyclic) bond motifs is 1. The number of piperidine rings is 1. The topological polar surface area (TPSA) is 62.1 Å². The van der Waals surface area contributed by atoms with Crippen LogP contribution in [0.2, 0.25) is 0 Å². The van der Waals surface area contributed by atoms with Gasteiger partial charge >= 0.3 is 0 Å². The van der Waals surface area contributed by atoms with E-state index in [4.69, 9.17) is 5.73 Å². The van der Waals surface area contributed by atoms with Crippen LogP contribution in [0.3, 0.4) is 0 Å². The molecule has 4 heteroatoms. The molecule has 0 bridgehead atoms. The summed E-state index contributed by atoms with van der Waals surface area (Å²) in [4.78, 5) is 17.9. The quantitative estimate of drug-likeness (QED) is 0.910. The van der Waals surface area contributed by atoms with Crippen molar-refractivity contribution in [3.8, 4) is 0 Å². The molecule has 1 aliphatic rings. The minimum atomic E-state index is 0.0391. The first kappa shape index (κ1) is 14.1. The number of benzene rings is 1. The number of aromatic amines is 1. The number of carbonyl (C=O) groups excluding carboxylic acids is 1. The van der Waals surface area contributed by atoms with Gasteiger partial charge < -0.3 is 15.6 Å². The van der Waals surface area contributed by atoms with Crippen LogP contribution in [0, 0.1) is 0 Å². The summed E-state index contributed by atoms with van der Waals surface area (Å²) in [5.74, 6) is 0.196. The summed E-state index contributed by atoms with van der Waals surface area (Å²) in [6.45, 7) is 2.84. The molecule has 1 fully saturated rings. The smallest absolute Gasteiger partial charge is 0.227 e. The highest BCUT2D eigenvalue weighted by molar-refractivity contribution is 5.89. The summed E-state index contributed by atoms with van der Waals surface area (Å²) in [7, 11) is 0. The van der Waals surface area contributed by atoms with Crippen molar-refractivity contribution in [2.75, 3.05) is 6.54 Å². The van der Waals surface area contributed by atoms with Gasteiger partial charge in [-0.3, -0.25) is 4.79 Å². The molecule has 1 aliphatic heterocycles. The molecule has 1 saturated heterocycles. The van der Waals surface area contributed by atoms with E-state index in [0.717, 1.165) is 35.9 Å². The Morgan fingerprint density at radius 3 is 3.05 bits per heavy atom. The third-order valence-corrected chi connectivity index (χ3v) is 4.49. The van der Waals surface area contributed by atoms with E-state index in [9.17, 15) is 4.79 Å². The van der Waals surface area contributed by atoms with E-state index in [0.29, 0.717) is 6.42 Å². The number of aromatic nitrogens is 1. The van der Waals surface area contributed by atoms with Gasteiger partial charge in [0.15, 0.2) is 0 Å². The molecule has 112 valence electrons. The lowest BCUT2D eigenvalue weighted by atomic mass is 9.96. The van der Waals surface area contributed by atoms with E-state index in [1.54, 1.807) is 0 Å². The zero-order chi connectivity index (χ0) is 14.8. The van der Waals surface area contributed by atoms with Crippen LogP contribution < -0.4 is 5.73 Å². The number of nitrogens with two attached hydrogens (primary N) is 1. The normalized spacial score (nSPS) is 20.7. The van der Waals surface area contributed by atoms with Crippen molar-refractivity contribution in [2.45, 2.75) is 44.7 Å². The number of H-pyrrole nitrogens is 1. The van der Waals surface area contributed by atoms with Crippen molar-refractivity contribution in [3.63, 3.8) is 0 Å². The molecule has 1 aromatic heterocycles. The number of para-hydroxylation sites is 1. The van der Waals surface area contributed by atoms with Crippen LogP contribution in [0.5, 0.6) is 0 Å². The van der Waals surface area contributed by atoms with Gasteiger partial charge in [-0.2, -0.15) is 0 Å². The third-order valence-electron chi connectivity index (χ3n) is 4.49. The minimum Gasteiger partial charge on any atom is -0.361 e. The second-order valence-electron chi connectivity index (χ2n) is 6.05. The Balaban J connectivity index is 1.79. The molecule has 0 aliphatic carbocycles. The molecule has 1 aromatic carbocycles. The average Bonchev–Trinajstić information content (AvgIpc) is 2.90. The summed E-state index contributed by atoms with van der Waals surface area (Å²) in [6, 6.07) is 8.34. The lowest BCUT2D eigenvalue weighted by Gasteiger charge is -2.38. The Bertz CT molecular complexity index is 632. The number of hydrogen-bond donors (Lipinski definition) is 2. The standard InChI is InChI=1S/C17H23N3O/c1-12(18)16-8-4-5-9-20(16)17(21)10-13-11-19-15-7-3-2-6-14(13)15/h2-3,6-7,11-12,16,19H,4-5,8-10,18H2,1H3. The van der Waals surface area contributed by atoms with E-state index in [2.05, 4.69) is 11.1 Å². The fourth-order valence-electron chi connectivity index (χ4n) is 3.36. The number of nitrogens with zero attached hydrogens (tertiary/aromatic N) is 1. The molecular weight excluding hydrogens is 262 g/mol. The molecule has 2 heterocycles. The highest BCUT2D eigenvalue weighted by atomic mass is 16.2. The van der Waals surface area contributed by atoms with E-state index in [1.165, 1.54) is 6.42 Å². The van der Waals surface area contributed by atoms with Crippen LogP contribution >= 0.6 is 0 Å². The van der Waals surface area contributed by atoms with Crippen molar-refractivity contribution < 1.29 is 4.79 Å². The average molecular weight is 285 g/mol. The van der Waals surface area contributed by atoms with E-state index in [-0.39, 0.29) is 18.0 Å². The van der Waals surface area contributed by atoms with Gasteiger partial charge in [0, 0.05) is 35.7 Å². The Morgan fingerprint density at radius 1 is 1.43 bits per heavy atom. The van der Waals surface area contributed by atoms with Crippen molar-refractivity contribution >= 4 is 16.8 Å². The molecule has 1 amide bonds. The first-order valence-corrected chi connectivity index (χ1v) is 7.77. The summed E-state index contributed by atoms with van der Waals surface area (Å²) < 4.78 is 0. The monoisotopic (exact) mass is 285 g/mol. The molecule has 0 radical (unpaired) electrons. The highest BCUT2D eigenvalue weighted by Crippen LogP contribution is 2.23. The summed E-state index contributed by atoms with van der Waals surface area (Å²) in [5.41, 5.74) is 8.22. The largest absolute Gasteiger partial charge is 0.361 e. The summed E-state index contributed by atoms with van der Waals surface area (Å²) in [5, 5.41) is 1.14. The van der Waals surface area contributed by atoms with Gasteiger partial charge in [-0.1, -0.05) is 18.2 Å². The van der Waals surface area contributed by atoms with Crippen LogP contribution in [-0.2, 0) is 11.2 Å². The maximum atomic E-state index is 12.7. The highest BCUT2D eigenvalue weighted by Gasteiger charge is 2.29. The Morgan fingerprint density at radius 2 is 2.24 bits per heavy atom. The Labute approximate surface area is 125 Å². The molecule has 2 unspecified atom stereocenters. The molecular formula is C17H23N3O. The van der Waals surface area contributed by atoms with Crippen LogP contribution in [0.25, 0.3) is 10.9 Å². The minimum absolute atomic E-state index is 0.0391. The first-order valence-electron chi connectivity index (χ1n) is 7.77. The van der Waals surface area contributed by atoms with Gasteiger partial charge in [-0.25, -0.2) is 0 Å². The van der Waals surface area contributed by atoms with Crippen LogP contribution in [-0.4, -0.2) is 34.4 Å². The summed E-state index contributed by atoms with van der Waals surface area (Å²) in [6.07, 6.45) is 5.68. The Kier molecular flexibility index (Phi) is 3.97. The van der Waals surface area contributed by atoms with Gasteiger partial charge in [-0.05, 0) is 37.8 Å². The second-order valence-corrected chi connectivity index (χ2v) is 6.05. The van der Waals surface area contributed by atoms with Gasteiger partial charge in [0.2, 0.25) is 5.91 Å². The van der Waals surface area contributed by atoms with E-state index >= 15 is 0 Å². The zero-order valence-corrected chi connectivity index (χ0v) is 12.5. The lowest BCUT2D eigenvalue weighted by Crippen LogP contribution is -2.52.